The third-order valence-corrected chi connectivity index (χ3v) is 8.21. The second-order valence-corrected chi connectivity index (χ2v) is 12.0. The molecule has 0 amide bonds. The van der Waals surface area contributed by atoms with Crippen molar-refractivity contribution >= 4 is 11.4 Å². The van der Waals surface area contributed by atoms with Crippen LogP contribution in [0.1, 0.15) is 0 Å². The predicted octanol–water partition coefficient (Wildman–Crippen LogP) is 8.80. The van der Waals surface area contributed by atoms with Crippen molar-refractivity contribution in [2.24, 2.45) is 0 Å². The first kappa shape index (κ1) is 30.4. The molecule has 5 aromatic heterocycles. The molecule has 7 nitrogen and oxygen atoms in total. The van der Waals surface area contributed by atoms with Crippen LogP contribution in [0.4, 0.5) is 11.4 Å². The zero-order valence-corrected chi connectivity index (χ0v) is 27.4. The number of hydrogen-bond donors (Lipinski definition) is 0. The summed E-state index contributed by atoms with van der Waals surface area (Å²) in [7, 11) is 8.17. The lowest BCUT2D eigenvalue weighted by molar-refractivity contribution is 1.13. The monoisotopic (exact) mass is 625 g/mol. The molecule has 48 heavy (non-hydrogen) atoms. The van der Waals surface area contributed by atoms with E-state index in [0.29, 0.717) is 0 Å². The molecule has 234 valence electrons. The molecule has 2 aromatic carbocycles. The molecule has 0 N–H and O–H groups in total. The highest BCUT2D eigenvalue weighted by atomic mass is 15.1. The van der Waals surface area contributed by atoms with E-state index in [0.717, 1.165) is 79.2 Å². The summed E-state index contributed by atoms with van der Waals surface area (Å²) >= 11 is 0. The number of benzene rings is 2. The van der Waals surface area contributed by atoms with Crippen LogP contribution in [-0.2, 0) is 0 Å². The number of aromatic nitrogens is 5. The molecule has 7 rings (SSSR count). The van der Waals surface area contributed by atoms with Crippen molar-refractivity contribution in [2.45, 2.75) is 0 Å². The van der Waals surface area contributed by atoms with Crippen LogP contribution in [0.2, 0.25) is 0 Å². The minimum absolute atomic E-state index is 0.748. The maximum atomic E-state index is 5.15. The van der Waals surface area contributed by atoms with Gasteiger partial charge in [-0.1, -0.05) is 42.5 Å². The fourth-order valence-electron chi connectivity index (χ4n) is 5.57. The van der Waals surface area contributed by atoms with Gasteiger partial charge < -0.3 is 9.80 Å². The van der Waals surface area contributed by atoms with E-state index in [1.165, 1.54) is 0 Å². The zero-order valence-electron chi connectivity index (χ0n) is 27.4. The molecule has 0 aliphatic rings. The largest absolute Gasteiger partial charge is 0.378 e. The molecule has 0 fully saturated rings. The van der Waals surface area contributed by atoms with E-state index in [2.05, 4.69) is 92.6 Å². The summed E-state index contributed by atoms with van der Waals surface area (Å²) in [4.78, 5) is 28.7. The highest BCUT2D eigenvalue weighted by molar-refractivity contribution is 5.78. The van der Waals surface area contributed by atoms with Crippen molar-refractivity contribution in [3.05, 3.63) is 140 Å². The Morgan fingerprint density at radius 2 is 0.688 bits per heavy atom. The Balaban J connectivity index is 1.34. The average molecular weight is 626 g/mol. The fraction of sp³-hybridized carbons (Fsp3) is 0.0976. The lowest BCUT2D eigenvalue weighted by atomic mass is 10.0. The first-order valence-corrected chi connectivity index (χ1v) is 15.8. The molecule has 0 unspecified atom stereocenters. The summed E-state index contributed by atoms with van der Waals surface area (Å²) in [6, 6.07) is 43.2. The van der Waals surface area contributed by atoms with E-state index in [9.17, 15) is 0 Å². The molecule has 0 atom stereocenters. The molecule has 7 aromatic rings. The van der Waals surface area contributed by atoms with E-state index in [1.807, 2.05) is 82.8 Å². The summed E-state index contributed by atoms with van der Waals surface area (Å²) in [5.41, 5.74) is 12.7. The van der Waals surface area contributed by atoms with Gasteiger partial charge in [0, 0.05) is 52.0 Å². The maximum Gasteiger partial charge on any atom is 0.0900 e. The number of nitrogens with zero attached hydrogens (tertiary/aromatic N) is 7. The smallest absolute Gasteiger partial charge is 0.0900 e. The molecule has 0 bridgehead atoms. The van der Waals surface area contributed by atoms with Gasteiger partial charge in [0.05, 0.1) is 45.6 Å². The molecule has 0 saturated carbocycles. The van der Waals surface area contributed by atoms with Gasteiger partial charge in [0.1, 0.15) is 0 Å². The predicted molar refractivity (Wildman–Crippen MR) is 197 cm³/mol. The Hall–Kier alpha value is -6.21. The van der Waals surface area contributed by atoms with Gasteiger partial charge in [-0.05, 0) is 107 Å². The summed E-state index contributed by atoms with van der Waals surface area (Å²) in [5, 5.41) is 0. The van der Waals surface area contributed by atoms with E-state index >= 15 is 0 Å². The van der Waals surface area contributed by atoms with Gasteiger partial charge >= 0.3 is 0 Å². The third-order valence-electron chi connectivity index (χ3n) is 8.21. The van der Waals surface area contributed by atoms with E-state index < -0.39 is 0 Å². The normalized spacial score (nSPS) is 10.9. The van der Waals surface area contributed by atoms with Crippen LogP contribution in [0.25, 0.3) is 67.8 Å². The van der Waals surface area contributed by atoms with Gasteiger partial charge in [0.15, 0.2) is 0 Å². The van der Waals surface area contributed by atoms with Gasteiger partial charge in [-0.15, -0.1) is 0 Å². The van der Waals surface area contributed by atoms with Crippen molar-refractivity contribution < 1.29 is 0 Å². The summed E-state index contributed by atoms with van der Waals surface area (Å²) < 4.78 is 0. The van der Waals surface area contributed by atoms with Crippen molar-refractivity contribution in [3.8, 4) is 67.8 Å². The molecule has 0 saturated heterocycles. The summed E-state index contributed by atoms with van der Waals surface area (Å²) in [6.45, 7) is 0. The number of anilines is 2. The minimum Gasteiger partial charge on any atom is -0.378 e. The second kappa shape index (κ2) is 13.3. The maximum absolute atomic E-state index is 5.15. The van der Waals surface area contributed by atoms with E-state index in [1.54, 1.807) is 12.4 Å². The first-order valence-electron chi connectivity index (χ1n) is 15.8. The van der Waals surface area contributed by atoms with Crippen LogP contribution in [0, 0.1) is 0 Å². The minimum atomic E-state index is 0.748. The SMILES string of the molecule is CN(C)c1ccc(-c2cc(-c3ccccn3)nc(-c3cccc(-c4cc(-c5ccc(N(C)C)cc5)cc(-c5ccccn5)n4)n3)c2)cc1. The Morgan fingerprint density at radius 1 is 0.333 bits per heavy atom. The van der Waals surface area contributed by atoms with Crippen LogP contribution in [-0.4, -0.2) is 53.1 Å². The van der Waals surface area contributed by atoms with Crippen LogP contribution >= 0.6 is 0 Å². The van der Waals surface area contributed by atoms with Crippen LogP contribution in [0.5, 0.6) is 0 Å². The number of rotatable bonds is 8. The summed E-state index contributed by atoms with van der Waals surface area (Å²) in [5.74, 6) is 0. The molecular weight excluding hydrogens is 591 g/mol. The number of hydrogen-bond acceptors (Lipinski definition) is 7. The standard InChI is InChI=1S/C41H35N7/c1-47(2)32-18-14-28(15-19-32)30-24-38(34-10-5-7-22-42-34)45-40(26-30)36-12-9-13-37(44-36)41-27-31(29-16-20-33(21-17-29)48(3)4)25-39(46-41)35-11-6-8-23-43-35/h5-27H,1-4H3. The van der Waals surface area contributed by atoms with Crippen molar-refractivity contribution in [1.29, 1.82) is 0 Å². The van der Waals surface area contributed by atoms with Crippen molar-refractivity contribution in [1.82, 2.24) is 24.9 Å². The molecular formula is C41H35N7. The Bertz CT molecular complexity index is 2010. The highest BCUT2D eigenvalue weighted by Gasteiger charge is 2.15. The number of pyridine rings is 5. The molecule has 7 heteroatoms. The lowest BCUT2D eigenvalue weighted by Gasteiger charge is -2.14. The fourth-order valence-corrected chi connectivity index (χ4v) is 5.57. The van der Waals surface area contributed by atoms with Crippen LogP contribution < -0.4 is 9.80 Å². The molecule has 0 aliphatic heterocycles. The molecule has 0 spiro atoms. The van der Waals surface area contributed by atoms with Crippen molar-refractivity contribution in [3.63, 3.8) is 0 Å². The van der Waals surface area contributed by atoms with Gasteiger partial charge in [0.2, 0.25) is 0 Å². The average Bonchev–Trinajstić information content (AvgIpc) is 3.15. The lowest BCUT2D eigenvalue weighted by Crippen LogP contribution is -2.07. The van der Waals surface area contributed by atoms with Crippen molar-refractivity contribution in [2.75, 3.05) is 38.0 Å². The van der Waals surface area contributed by atoms with Gasteiger partial charge in [-0.2, -0.15) is 0 Å². The van der Waals surface area contributed by atoms with E-state index in [-0.39, 0.29) is 0 Å². The Morgan fingerprint density at radius 3 is 1.04 bits per heavy atom. The van der Waals surface area contributed by atoms with E-state index in [4.69, 9.17) is 15.0 Å². The zero-order chi connectivity index (χ0) is 33.0. The van der Waals surface area contributed by atoms with Gasteiger partial charge in [0.25, 0.3) is 0 Å². The van der Waals surface area contributed by atoms with Crippen LogP contribution in [0.15, 0.2) is 140 Å². The Kier molecular flexibility index (Phi) is 8.41. The molecule has 5 heterocycles. The molecule has 0 aliphatic carbocycles. The highest BCUT2D eigenvalue weighted by Crippen LogP contribution is 2.33. The molecule has 0 radical (unpaired) electrons. The van der Waals surface area contributed by atoms with Gasteiger partial charge in [-0.3, -0.25) is 9.97 Å². The topological polar surface area (TPSA) is 70.9 Å². The first-order chi connectivity index (χ1) is 23.4. The quantitative estimate of drug-likeness (QED) is 0.167. The summed E-state index contributed by atoms with van der Waals surface area (Å²) in [6.07, 6.45) is 3.58. The third kappa shape index (κ3) is 6.52. The van der Waals surface area contributed by atoms with Crippen LogP contribution in [0.3, 0.4) is 0 Å². The second-order valence-electron chi connectivity index (χ2n) is 12.0. The van der Waals surface area contributed by atoms with Gasteiger partial charge in [-0.25, -0.2) is 15.0 Å². The Labute approximate surface area is 281 Å².